The molecule has 0 saturated heterocycles. The molecule has 0 bridgehead atoms. The maximum Gasteiger partial charge on any atom is 0.356 e. The van der Waals surface area contributed by atoms with Gasteiger partial charge >= 0.3 is 5.97 Å². The summed E-state index contributed by atoms with van der Waals surface area (Å²) in [5.74, 6) is -1.28. The molecule has 0 saturated carbocycles. The van der Waals surface area contributed by atoms with Gasteiger partial charge in [0.05, 0.1) is 12.9 Å². The molecule has 0 aliphatic heterocycles. The fraction of sp³-hybridized carbons (Fsp3) is 0.429. The van der Waals surface area contributed by atoms with Crippen molar-refractivity contribution in [2.24, 2.45) is 0 Å². The Morgan fingerprint density at radius 1 is 1.57 bits per heavy atom. The van der Waals surface area contributed by atoms with Crippen molar-refractivity contribution in [2.45, 2.75) is 19.1 Å². The lowest BCUT2D eigenvalue weighted by Gasteiger charge is -2.06. The van der Waals surface area contributed by atoms with Crippen LogP contribution < -0.4 is 0 Å². The molecule has 0 fully saturated rings. The van der Waals surface area contributed by atoms with Gasteiger partial charge in [-0.15, -0.1) is 0 Å². The quantitative estimate of drug-likeness (QED) is 0.808. The Hall–Kier alpha value is -1.53. The van der Waals surface area contributed by atoms with Gasteiger partial charge in [-0.25, -0.2) is 22.9 Å². The summed E-state index contributed by atoms with van der Waals surface area (Å²) in [6, 6.07) is 0. The minimum Gasteiger partial charge on any atom is -0.476 e. The van der Waals surface area contributed by atoms with Gasteiger partial charge in [0.15, 0.2) is 11.9 Å². The highest BCUT2D eigenvalue weighted by Gasteiger charge is 2.20. The third kappa shape index (κ3) is 2.48. The number of carbonyl (C=O) groups is 1. The summed E-state index contributed by atoms with van der Waals surface area (Å²) < 4.78 is 37.0. The molecule has 0 aromatic carbocycles. The number of hydrogen-bond acceptors (Lipinski definition) is 2. The van der Waals surface area contributed by atoms with Crippen molar-refractivity contribution in [3.8, 4) is 0 Å². The van der Waals surface area contributed by atoms with Gasteiger partial charge < -0.3 is 9.67 Å². The monoisotopic (exact) mass is 208 g/mol. The van der Waals surface area contributed by atoms with Crippen molar-refractivity contribution in [3.05, 3.63) is 18.2 Å². The van der Waals surface area contributed by atoms with Crippen LogP contribution in [0.4, 0.5) is 13.2 Å². The highest BCUT2D eigenvalue weighted by atomic mass is 19.3. The number of nitrogens with zero attached hydrogens (tertiary/aromatic N) is 2. The Morgan fingerprint density at radius 2 is 2.21 bits per heavy atom. The first-order valence-corrected chi connectivity index (χ1v) is 3.68. The van der Waals surface area contributed by atoms with Crippen LogP contribution in [0.25, 0.3) is 0 Å². The molecule has 0 aliphatic carbocycles. The normalized spacial score (nSPS) is 13.1. The third-order valence-electron chi connectivity index (χ3n) is 1.51. The molecule has 0 aliphatic rings. The van der Waals surface area contributed by atoms with Crippen LogP contribution >= 0.6 is 0 Å². The molecule has 4 nitrogen and oxygen atoms in total. The molecule has 1 heterocycles. The second-order valence-corrected chi connectivity index (χ2v) is 2.61. The first-order valence-electron chi connectivity index (χ1n) is 3.68. The van der Waals surface area contributed by atoms with Crippen molar-refractivity contribution in [3.63, 3.8) is 0 Å². The molecule has 1 rings (SSSR count). The Balaban J connectivity index is 2.64. The Labute approximate surface area is 77.0 Å². The minimum absolute atomic E-state index is 0.300. The Bertz CT molecular complexity index is 326. The van der Waals surface area contributed by atoms with Crippen molar-refractivity contribution >= 4 is 5.97 Å². The fourth-order valence-electron chi connectivity index (χ4n) is 0.851. The van der Waals surface area contributed by atoms with Crippen LogP contribution in [0.5, 0.6) is 0 Å². The van der Waals surface area contributed by atoms with Gasteiger partial charge in [0, 0.05) is 6.20 Å². The summed E-state index contributed by atoms with van der Waals surface area (Å²) in [5, 5.41) is 8.42. The molecule has 14 heavy (non-hydrogen) atoms. The van der Waals surface area contributed by atoms with E-state index in [0.29, 0.717) is 0 Å². The minimum atomic E-state index is -3.08. The van der Waals surface area contributed by atoms with Gasteiger partial charge in [-0.05, 0) is 0 Å². The van der Waals surface area contributed by atoms with E-state index in [1.165, 1.54) is 0 Å². The summed E-state index contributed by atoms with van der Waals surface area (Å²) in [6.45, 7) is -0.599. The smallest absolute Gasteiger partial charge is 0.356 e. The number of carboxylic acid groups (broad SMARTS) is 1. The van der Waals surface area contributed by atoms with Crippen LogP contribution in [-0.4, -0.2) is 33.2 Å². The van der Waals surface area contributed by atoms with E-state index in [2.05, 4.69) is 4.98 Å². The molecule has 0 radical (unpaired) electrons. The lowest BCUT2D eigenvalue weighted by atomic mass is 10.4. The number of halogens is 3. The number of imidazole rings is 1. The summed E-state index contributed by atoms with van der Waals surface area (Å²) in [7, 11) is 0. The lowest BCUT2D eigenvalue weighted by Crippen LogP contribution is -2.18. The number of hydrogen-bond donors (Lipinski definition) is 1. The Kier molecular flexibility index (Phi) is 3.10. The number of aromatic nitrogens is 2. The molecule has 1 aromatic heterocycles. The maximum absolute atomic E-state index is 12.5. The van der Waals surface area contributed by atoms with E-state index in [0.717, 1.165) is 17.1 Å². The van der Waals surface area contributed by atoms with Gasteiger partial charge in [0.1, 0.15) is 0 Å². The Morgan fingerprint density at radius 3 is 2.64 bits per heavy atom. The van der Waals surface area contributed by atoms with Crippen LogP contribution in [0.3, 0.4) is 0 Å². The number of carboxylic acids is 1. The van der Waals surface area contributed by atoms with Gasteiger partial charge in [-0.2, -0.15) is 0 Å². The second-order valence-electron chi connectivity index (χ2n) is 2.61. The van der Waals surface area contributed by atoms with Crippen LogP contribution in [0, 0.1) is 0 Å². The zero-order chi connectivity index (χ0) is 10.7. The van der Waals surface area contributed by atoms with Crippen LogP contribution in [0.1, 0.15) is 10.5 Å². The molecule has 1 aromatic rings. The van der Waals surface area contributed by atoms with Crippen LogP contribution in [0.15, 0.2) is 12.5 Å². The average Bonchev–Trinajstić information content (AvgIpc) is 2.52. The van der Waals surface area contributed by atoms with Gasteiger partial charge in [0.2, 0.25) is 0 Å². The molecule has 1 N–H and O–H groups in total. The maximum atomic E-state index is 12.5. The predicted molar refractivity (Wildman–Crippen MR) is 40.1 cm³/mol. The van der Waals surface area contributed by atoms with Crippen LogP contribution in [-0.2, 0) is 6.54 Å². The summed E-state index contributed by atoms with van der Waals surface area (Å²) in [6.07, 6.45) is -3.40. The molecule has 1 unspecified atom stereocenters. The van der Waals surface area contributed by atoms with E-state index in [1.807, 2.05) is 0 Å². The van der Waals surface area contributed by atoms with E-state index >= 15 is 0 Å². The van der Waals surface area contributed by atoms with Gasteiger partial charge in [-0.1, -0.05) is 0 Å². The average molecular weight is 208 g/mol. The van der Waals surface area contributed by atoms with E-state index in [4.69, 9.17) is 5.11 Å². The van der Waals surface area contributed by atoms with E-state index in [1.54, 1.807) is 0 Å². The fourth-order valence-corrected chi connectivity index (χ4v) is 0.851. The zero-order valence-corrected chi connectivity index (χ0v) is 6.90. The van der Waals surface area contributed by atoms with E-state index < -0.39 is 25.1 Å². The van der Waals surface area contributed by atoms with Crippen molar-refractivity contribution in [1.29, 1.82) is 0 Å². The summed E-state index contributed by atoms with van der Waals surface area (Å²) in [5.41, 5.74) is -0.300. The molecular formula is C7H7F3N2O2. The summed E-state index contributed by atoms with van der Waals surface area (Å²) >= 11 is 0. The van der Waals surface area contributed by atoms with Gasteiger partial charge in [-0.3, -0.25) is 0 Å². The third-order valence-corrected chi connectivity index (χ3v) is 1.51. The van der Waals surface area contributed by atoms with Gasteiger partial charge in [0.25, 0.3) is 6.43 Å². The zero-order valence-electron chi connectivity index (χ0n) is 6.90. The molecule has 78 valence electrons. The standard InChI is InChI=1S/C7H7F3N2O2/c8-4(6(9)10)1-12-2-5(7(13)14)11-3-12/h2-4,6H,1H2,(H,13,14). The number of alkyl halides is 3. The largest absolute Gasteiger partial charge is 0.476 e. The molecule has 1 atom stereocenters. The number of aromatic carboxylic acids is 1. The van der Waals surface area contributed by atoms with Crippen molar-refractivity contribution in [2.75, 3.05) is 0 Å². The summed E-state index contributed by atoms with van der Waals surface area (Å²) in [4.78, 5) is 13.7. The van der Waals surface area contributed by atoms with E-state index in [9.17, 15) is 18.0 Å². The predicted octanol–water partition coefficient (Wildman–Crippen LogP) is 1.18. The molecule has 7 heteroatoms. The first-order chi connectivity index (χ1) is 6.50. The topological polar surface area (TPSA) is 55.1 Å². The van der Waals surface area contributed by atoms with Crippen molar-refractivity contribution in [1.82, 2.24) is 9.55 Å². The van der Waals surface area contributed by atoms with Crippen molar-refractivity contribution < 1.29 is 23.1 Å². The molecule has 0 amide bonds. The number of rotatable bonds is 4. The van der Waals surface area contributed by atoms with Crippen LogP contribution in [0.2, 0.25) is 0 Å². The second kappa shape index (κ2) is 4.12. The first kappa shape index (κ1) is 10.6. The molecule has 0 spiro atoms. The highest BCUT2D eigenvalue weighted by Crippen LogP contribution is 2.08. The van der Waals surface area contributed by atoms with E-state index in [-0.39, 0.29) is 5.69 Å². The lowest BCUT2D eigenvalue weighted by molar-refractivity contribution is 0.0406. The SMILES string of the molecule is O=C(O)c1cn(CC(F)C(F)F)cn1. The molecular weight excluding hydrogens is 201 g/mol. The highest BCUT2D eigenvalue weighted by molar-refractivity contribution is 5.84.